The van der Waals surface area contributed by atoms with Crippen LogP contribution in [0.15, 0.2) is 12.2 Å². The molecule has 0 saturated heterocycles. The largest absolute Gasteiger partial charge is 0.756 e. The van der Waals surface area contributed by atoms with Crippen molar-refractivity contribution in [1.82, 2.24) is 0 Å². The number of unbranched alkanes of at least 4 members (excludes halogenated alkanes) is 23. The molecule has 0 aromatic carbocycles. The smallest absolute Gasteiger partial charge is 0.306 e. The molecule has 2 atom stereocenters. The summed E-state index contributed by atoms with van der Waals surface area (Å²) in [4.78, 5) is 37.4. The zero-order valence-electron chi connectivity index (χ0n) is 34.5. The number of carbonyl (C=O) groups is 2. The molecular weight excluding hydrogens is 677 g/mol. The third kappa shape index (κ3) is 38.5. The van der Waals surface area contributed by atoms with Crippen LogP contribution < -0.4 is 4.89 Å². The molecule has 0 aromatic rings. The second kappa shape index (κ2) is 35.5. The third-order valence-corrected chi connectivity index (χ3v) is 10.2. The molecule has 52 heavy (non-hydrogen) atoms. The molecule has 0 rings (SSSR count). The molecular formula is C42H82NO8P. The normalized spacial score (nSPS) is 13.7. The molecule has 0 aliphatic heterocycles. The lowest BCUT2D eigenvalue weighted by molar-refractivity contribution is -0.870. The second-order valence-electron chi connectivity index (χ2n) is 15.7. The van der Waals surface area contributed by atoms with Crippen molar-refractivity contribution >= 4 is 19.8 Å². The van der Waals surface area contributed by atoms with Gasteiger partial charge >= 0.3 is 11.9 Å². The minimum Gasteiger partial charge on any atom is -0.756 e. The molecule has 0 bridgehead atoms. The Kier molecular flexibility index (Phi) is 34.6. The highest BCUT2D eigenvalue weighted by molar-refractivity contribution is 7.45. The fourth-order valence-electron chi connectivity index (χ4n) is 5.88. The SMILES string of the molecule is CCCCCCCCCCC/C=C\CCCCC(=O)OC(COC(=O)CCCCCCCCCCCCCCC)COP(=O)([O-])OCC[N+](C)(C)C. The number of quaternary nitrogens is 1. The monoisotopic (exact) mass is 760 g/mol. The van der Waals surface area contributed by atoms with Crippen molar-refractivity contribution in [2.24, 2.45) is 0 Å². The maximum atomic E-state index is 12.6. The van der Waals surface area contributed by atoms with Gasteiger partial charge in [-0.25, -0.2) is 0 Å². The van der Waals surface area contributed by atoms with E-state index in [1.54, 1.807) is 0 Å². The van der Waals surface area contributed by atoms with Gasteiger partial charge in [-0.15, -0.1) is 0 Å². The number of esters is 2. The molecule has 0 aromatic heterocycles. The highest BCUT2D eigenvalue weighted by Crippen LogP contribution is 2.38. The standard InChI is InChI=1S/C42H82NO8P/c1-6-8-10-12-14-16-18-20-21-23-25-27-29-31-33-35-42(45)51-40(39-50-52(46,47)49-37-36-43(3,4)5)38-48-41(44)34-32-30-28-26-24-22-19-17-15-13-11-9-7-2/h25,27,40H,6-24,26,28-39H2,1-5H3/b27-25-. The topological polar surface area (TPSA) is 111 Å². The number of nitrogens with zero attached hydrogens (tertiary/aromatic N) is 1. The lowest BCUT2D eigenvalue weighted by atomic mass is 10.0. The second-order valence-corrected chi connectivity index (χ2v) is 17.1. The van der Waals surface area contributed by atoms with Gasteiger partial charge in [-0.3, -0.25) is 14.2 Å². The number of likely N-dealkylation sites (N-methyl/N-ethyl adjacent to an activating group) is 1. The summed E-state index contributed by atoms with van der Waals surface area (Å²) in [6.45, 7) is 4.21. The number of phosphoric acid groups is 1. The molecule has 0 heterocycles. The molecule has 0 aliphatic rings. The van der Waals surface area contributed by atoms with Crippen molar-refractivity contribution in [1.29, 1.82) is 0 Å². The van der Waals surface area contributed by atoms with Gasteiger partial charge in [-0.05, 0) is 38.5 Å². The first-order valence-electron chi connectivity index (χ1n) is 21.4. The van der Waals surface area contributed by atoms with Crippen molar-refractivity contribution < 1.29 is 42.1 Å². The van der Waals surface area contributed by atoms with Crippen LogP contribution in [0.2, 0.25) is 0 Å². The Balaban J connectivity index is 4.39. The van der Waals surface area contributed by atoms with Crippen LogP contribution in [0.25, 0.3) is 0 Å². The Hall–Kier alpha value is -1.25. The summed E-state index contributed by atoms with van der Waals surface area (Å²) in [7, 11) is 1.16. The summed E-state index contributed by atoms with van der Waals surface area (Å²) in [5.41, 5.74) is 0. The van der Waals surface area contributed by atoms with Crippen molar-refractivity contribution in [2.45, 2.75) is 200 Å². The molecule has 0 fully saturated rings. The van der Waals surface area contributed by atoms with E-state index in [9.17, 15) is 19.0 Å². The third-order valence-electron chi connectivity index (χ3n) is 9.29. The van der Waals surface area contributed by atoms with E-state index in [1.165, 1.54) is 122 Å². The minimum atomic E-state index is -4.62. The summed E-state index contributed by atoms with van der Waals surface area (Å²) in [6, 6.07) is 0. The van der Waals surface area contributed by atoms with Gasteiger partial charge < -0.3 is 27.9 Å². The summed E-state index contributed by atoms with van der Waals surface area (Å²) >= 11 is 0. The Labute approximate surface area is 320 Å². The van der Waals surface area contributed by atoms with Gasteiger partial charge in [0.1, 0.15) is 19.8 Å². The lowest BCUT2D eigenvalue weighted by Gasteiger charge is -2.28. The number of carbonyl (C=O) groups excluding carboxylic acids is 2. The van der Waals surface area contributed by atoms with E-state index in [0.29, 0.717) is 17.4 Å². The zero-order chi connectivity index (χ0) is 38.6. The number of rotatable bonds is 39. The van der Waals surface area contributed by atoms with Crippen molar-refractivity contribution in [2.75, 3.05) is 47.5 Å². The molecule has 0 saturated carbocycles. The first-order valence-corrected chi connectivity index (χ1v) is 22.9. The average Bonchev–Trinajstić information content (AvgIpc) is 3.09. The van der Waals surface area contributed by atoms with Gasteiger partial charge in [0.15, 0.2) is 6.10 Å². The molecule has 10 heteroatoms. The van der Waals surface area contributed by atoms with E-state index in [2.05, 4.69) is 26.0 Å². The van der Waals surface area contributed by atoms with E-state index in [4.69, 9.17) is 18.5 Å². The van der Waals surface area contributed by atoms with E-state index in [1.807, 2.05) is 21.1 Å². The van der Waals surface area contributed by atoms with Crippen LogP contribution in [0.4, 0.5) is 0 Å². The predicted molar refractivity (Wildman–Crippen MR) is 213 cm³/mol. The van der Waals surface area contributed by atoms with Crippen molar-refractivity contribution in [3.63, 3.8) is 0 Å². The summed E-state index contributed by atoms with van der Waals surface area (Å²) in [5.74, 6) is -0.852. The Morgan fingerprint density at radius 3 is 1.46 bits per heavy atom. The number of phosphoric ester groups is 1. The number of ether oxygens (including phenoxy) is 2. The molecule has 0 N–H and O–H groups in total. The predicted octanol–water partition coefficient (Wildman–Crippen LogP) is 11.2. The molecule has 0 amide bonds. The van der Waals surface area contributed by atoms with Crippen LogP contribution in [0.3, 0.4) is 0 Å². The highest BCUT2D eigenvalue weighted by Gasteiger charge is 2.21. The van der Waals surface area contributed by atoms with Gasteiger partial charge in [0.05, 0.1) is 27.7 Å². The van der Waals surface area contributed by atoms with E-state index >= 15 is 0 Å². The van der Waals surface area contributed by atoms with Crippen molar-refractivity contribution in [3.8, 4) is 0 Å². The highest BCUT2D eigenvalue weighted by atomic mass is 31.2. The first kappa shape index (κ1) is 50.8. The molecule has 9 nitrogen and oxygen atoms in total. The molecule has 0 aliphatic carbocycles. The lowest BCUT2D eigenvalue weighted by Crippen LogP contribution is -2.37. The summed E-state index contributed by atoms with van der Waals surface area (Å²) in [6.07, 6.45) is 35.2. The summed E-state index contributed by atoms with van der Waals surface area (Å²) in [5, 5.41) is 0. The molecule has 0 spiro atoms. The van der Waals surface area contributed by atoms with Crippen LogP contribution in [0.5, 0.6) is 0 Å². The Morgan fingerprint density at radius 2 is 0.981 bits per heavy atom. The van der Waals surface area contributed by atoms with Crippen molar-refractivity contribution in [3.05, 3.63) is 12.2 Å². The zero-order valence-corrected chi connectivity index (χ0v) is 35.4. The quantitative estimate of drug-likeness (QED) is 0.0200. The fourth-order valence-corrected chi connectivity index (χ4v) is 6.61. The van der Waals surface area contributed by atoms with Gasteiger partial charge in [-0.2, -0.15) is 0 Å². The first-order chi connectivity index (χ1) is 25.0. The Bertz CT molecular complexity index is 907. The van der Waals surface area contributed by atoms with Gasteiger partial charge in [0, 0.05) is 12.8 Å². The average molecular weight is 760 g/mol. The molecule has 0 radical (unpaired) electrons. The summed E-state index contributed by atoms with van der Waals surface area (Å²) < 4.78 is 33.8. The van der Waals surface area contributed by atoms with Crippen LogP contribution in [0, 0.1) is 0 Å². The Morgan fingerprint density at radius 1 is 0.577 bits per heavy atom. The van der Waals surface area contributed by atoms with Gasteiger partial charge in [0.2, 0.25) is 0 Å². The maximum Gasteiger partial charge on any atom is 0.306 e. The number of hydrogen-bond donors (Lipinski definition) is 0. The van der Waals surface area contributed by atoms with Crippen LogP contribution >= 0.6 is 7.82 Å². The fraction of sp³-hybridized carbons (Fsp3) is 0.905. The number of hydrogen-bond acceptors (Lipinski definition) is 8. The molecule has 2 unspecified atom stereocenters. The van der Waals surface area contributed by atoms with Gasteiger partial charge in [0.25, 0.3) is 7.82 Å². The van der Waals surface area contributed by atoms with E-state index in [-0.39, 0.29) is 32.0 Å². The van der Waals surface area contributed by atoms with E-state index < -0.39 is 26.5 Å². The van der Waals surface area contributed by atoms with Crippen LogP contribution in [-0.4, -0.2) is 70.0 Å². The minimum absolute atomic E-state index is 0.0313. The van der Waals surface area contributed by atoms with Gasteiger partial charge in [-0.1, -0.05) is 154 Å². The van der Waals surface area contributed by atoms with Crippen LogP contribution in [-0.2, 0) is 32.7 Å². The maximum absolute atomic E-state index is 12.6. The molecule has 308 valence electrons. The van der Waals surface area contributed by atoms with E-state index in [0.717, 1.165) is 38.5 Å². The number of allylic oxidation sites excluding steroid dienone is 2. The van der Waals surface area contributed by atoms with Crippen LogP contribution in [0.1, 0.15) is 194 Å².